The van der Waals surface area contributed by atoms with Crippen molar-refractivity contribution in [1.82, 2.24) is 15.0 Å². The molecule has 11 rings (SSSR count). The average molecular weight is 671 g/mol. The molecule has 11 aromatic rings. The number of hydrogen-bond donors (Lipinski definition) is 0. The molecule has 0 saturated carbocycles. The smallest absolute Gasteiger partial charge is 0.238 e. The molecule has 4 heterocycles. The first-order valence-corrected chi connectivity index (χ1v) is 17.1. The second kappa shape index (κ2) is 11.1. The molecule has 0 aliphatic carbocycles. The van der Waals surface area contributed by atoms with Crippen molar-refractivity contribution >= 4 is 83.1 Å². The Labute approximate surface area is 296 Å². The monoisotopic (exact) mass is 670 g/mol. The van der Waals surface area contributed by atoms with Crippen LogP contribution in [0, 0.1) is 0 Å². The van der Waals surface area contributed by atoms with Gasteiger partial charge in [-0.1, -0.05) is 84.9 Å². The van der Waals surface area contributed by atoms with Crippen molar-refractivity contribution in [3.05, 3.63) is 158 Å². The molecule has 244 valence electrons. The molecule has 0 aliphatic heterocycles. The molecule has 52 heavy (non-hydrogen) atoms. The third-order valence-electron chi connectivity index (χ3n) is 9.74. The Kier molecular flexibility index (Phi) is 6.12. The van der Waals surface area contributed by atoms with Crippen LogP contribution in [0.3, 0.4) is 0 Å². The van der Waals surface area contributed by atoms with Crippen LogP contribution in [0.4, 0.5) is 17.3 Å². The highest BCUT2D eigenvalue weighted by atomic mass is 16.3. The van der Waals surface area contributed by atoms with Crippen molar-refractivity contribution in [2.75, 3.05) is 4.90 Å². The van der Waals surface area contributed by atoms with Crippen LogP contribution < -0.4 is 4.90 Å². The van der Waals surface area contributed by atoms with E-state index in [0.29, 0.717) is 17.6 Å². The van der Waals surface area contributed by atoms with Crippen LogP contribution in [0.2, 0.25) is 0 Å². The normalized spacial score (nSPS) is 11.8. The summed E-state index contributed by atoms with van der Waals surface area (Å²) < 4.78 is 19.0. The number of benzene rings is 7. The summed E-state index contributed by atoms with van der Waals surface area (Å²) >= 11 is 0. The van der Waals surface area contributed by atoms with Crippen LogP contribution in [0.5, 0.6) is 0 Å². The fourth-order valence-electron chi connectivity index (χ4n) is 7.31. The number of fused-ring (bicyclic) bond motifs is 9. The van der Waals surface area contributed by atoms with Gasteiger partial charge in [0.1, 0.15) is 33.5 Å². The van der Waals surface area contributed by atoms with Crippen molar-refractivity contribution in [2.24, 2.45) is 0 Å². The van der Waals surface area contributed by atoms with Crippen LogP contribution >= 0.6 is 0 Å². The molecular formula is C45H26N4O3. The molecule has 0 radical (unpaired) electrons. The number of aromatic nitrogens is 3. The van der Waals surface area contributed by atoms with Crippen molar-refractivity contribution in [3.63, 3.8) is 0 Å². The minimum atomic E-state index is 0.451. The van der Waals surface area contributed by atoms with E-state index in [4.69, 9.17) is 28.2 Å². The van der Waals surface area contributed by atoms with E-state index >= 15 is 0 Å². The van der Waals surface area contributed by atoms with Gasteiger partial charge in [-0.3, -0.25) is 4.90 Å². The Morgan fingerprint density at radius 3 is 1.75 bits per heavy atom. The number of rotatable bonds is 5. The third-order valence-corrected chi connectivity index (χ3v) is 9.74. The number of anilines is 3. The van der Waals surface area contributed by atoms with Crippen LogP contribution in [0.1, 0.15) is 0 Å². The van der Waals surface area contributed by atoms with Crippen molar-refractivity contribution in [2.45, 2.75) is 0 Å². The summed E-state index contributed by atoms with van der Waals surface area (Å²) in [6, 6.07) is 52.8. The molecule has 0 unspecified atom stereocenters. The van der Waals surface area contributed by atoms with E-state index in [-0.39, 0.29) is 0 Å². The van der Waals surface area contributed by atoms with E-state index in [1.807, 2.05) is 102 Å². The van der Waals surface area contributed by atoms with E-state index in [0.717, 1.165) is 88.3 Å². The fourth-order valence-corrected chi connectivity index (χ4v) is 7.31. The lowest BCUT2D eigenvalue weighted by Gasteiger charge is -2.24. The second-order valence-corrected chi connectivity index (χ2v) is 12.8. The molecule has 0 amide bonds. The number of nitrogens with zero attached hydrogens (tertiary/aromatic N) is 4. The molecule has 0 spiro atoms. The first kappa shape index (κ1) is 28.6. The summed E-state index contributed by atoms with van der Waals surface area (Å²) in [5, 5.41) is 6.18. The van der Waals surface area contributed by atoms with Gasteiger partial charge in [-0.15, -0.1) is 0 Å². The molecule has 7 nitrogen and oxygen atoms in total. The first-order chi connectivity index (χ1) is 25.7. The van der Waals surface area contributed by atoms with E-state index in [1.54, 1.807) is 0 Å². The second-order valence-electron chi connectivity index (χ2n) is 12.8. The van der Waals surface area contributed by atoms with Gasteiger partial charge < -0.3 is 13.3 Å². The van der Waals surface area contributed by atoms with Gasteiger partial charge in [0, 0.05) is 49.6 Å². The molecule has 0 aliphatic rings. The quantitative estimate of drug-likeness (QED) is 0.180. The molecule has 0 N–H and O–H groups in total. The molecule has 0 fully saturated rings. The Hall–Kier alpha value is -7.25. The summed E-state index contributed by atoms with van der Waals surface area (Å²) in [5.41, 5.74) is 8.12. The van der Waals surface area contributed by atoms with Crippen molar-refractivity contribution in [3.8, 4) is 22.8 Å². The van der Waals surface area contributed by atoms with Crippen LogP contribution in [0.25, 0.3) is 88.6 Å². The van der Waals surface area contributed by atoms with Gasteiger partial charge in [-0.05, 0) is 66.7 Å². The Bertz CT molecular complexity index is 3160. The summed E-state index contributed by atoms with van der Waals surface area (Å²) in [4.78, 5) is 17.6. The maximum atomic E-state index is 6.49. The Balaban J connectivity index is 1.18. The molecular weight excluding hydrogens is 645 g/mol. The van der Waals surface area contributed by atoms with Crippen molar-refractivity contribution < 1.29 is 13.3 Å². The Morgan fingerprint density at radius 1 is 0.365 bits per heavy atom. The standard InChI is InChI=1S/C45H26N4O3/c1-2-11-28(12-3-1)49(29-22-23-33-30-13-4-7-18-37(30)51-41(33)26-29)45-47-43(27-21-24-40-36(25-27)32-15-6-8-19-38(32)50-40)46-44(48-45)35-17-10-16-34-31-14-5-9-20-39(31)52-42(34)35/h1-26H. The lowest BCUT2D eigenvalue weighted by Crippen LogP contribution is -2.15. The number of hydrogen-bond acceptors (Lipinski definition) is 7. The molecule has 0 atom stereocenters. The van der Waals surface area contributed by atoms with Gasteiger partial charge in [0.15, 0.2) is 11.6 Å². The zero-order chi connectivity index (χ0) is 34.2. The summed E-state index contributed by atoms with van der Waals surface area (Å²) in [6.07, 6.45) is 0. The van der Waals surface area contributed by atoms with Crippen LogP contribution in [-0.4, -0.2) is 15.0 Å². The predicted octanol–water partition coefficient (Wildman–Crippen LogP) is 12.4. The lowest BCUT2D eigenvalue weighted by molar-refractivity contribution is 0.668. The predicted molar refractivity (Wildman–Crippen MR) is 207 cm³/mol. The maximum Gasteiger partial charge on any atom is 0.238 e. The van der Waals surface area contributed by atoms with Crippen LogP contribution in [0.15, 0.2) is 171 Å². The lowest BCUT2D eigenvalue weighted by atomic mass is 10.1. The van der Waals surface area contributed by atoms with Gasteiger partial charge >= 0.3 is 0 Å². The molecule has 0 bridgehead atoms. The zero-order valence-electron chi connectivity index (χ0n) is 27.5. The number of para-hydroxylation sites is 5. The summed E-state index contributed by atoms with van der Waals surface area (Å²) in [5.74, 6) is 1.46. The van der Waals surface area contributed by atoms with E-state index < -0.39 is 0 Å². The number of furan rings is 3. The highest BCUT2D eigenvalue weighted by Crippen LogP contribution is 2.40. The zero-order valence-corrected chi connectivity index (χ0v) is 27.5. The molecule has 7 aromatic carbocycles. The highest BCUT2D eigenvalue weighted by Gasteiger charge is 2.23. The van der Waals surface area contributed by atoms with E-state index in [2.05, 4.69) is 60.7 Å². The van der Waals surface area contributed by atoms with Crippen molar-refractivity contribution in [1.29, 1.82) is 0 Å². The molecule has 4 aromatic heterocycles. The van der Waals surface area contributed by atoms with Gasteiger partial charge in [-0.2, -0.15) is 9.97 Å². The highest BCUT2D eigenvalue weighted by molar-refractivity contribution is 6.10. The third kappa shape index (κ3) is 4.43. The van der Waals surface area contributed by atoms with Gasteiger partial charge in [0.25, 0.3) is 0 Å². The van der Waals surface area contributed by atoms with Gasteiger partial charge in [0.05, 0.1) is 11.3 Å². The molecule has 7 heteroatoms. The Morgan fingerprint density at radius 2 is 0.962 bits per heavy atom. The van der Waals surface area contributed by atoms with E-state index in [9.17, 15) is 0 Å². The summed E-state index contributed by atoms with van der Waals surface area (Å²) in [7, 11) is 0. The fraction of sp³-hybridized carbons (Fsp3) is 0. The van der Waals surface area contributed by atoms with E-state index in [1.165, 1.54) is 0 Å². The molecule has 0 saturated heterocycles. The van der Waals surface area contributed by atoms with Crippen LogP contribution in [-0.2, 0) is 0 Å². The maximum absolute atomic E-state index is 6.49. The summed E-state index contributed by atoms with van der Waals surface area (Å²) in [6.45, 7) is 0. The first-order valence-electron chi connectivity index (χ1n) is 17.1. The largest absolute Gasteiger partial charge is 0.456 e. The van der Waals surface area contributed by atoms with Gasteiger partial charge in [0.2, 0.25) is 5.95 Å². The van der Waals surface area contributed by atoms with Gasteiger partial charge in [-0.25, -0.2) is 4.98 Å². The SMILES string of the molecule is c1ccc(N(c2ccc3c(c2)oc2ccccc23)c2nc(-c3ccc4oc5ccccc5c4c3)nc(-c3cccc4c3oc3ccccc34)n2)cc1. The topological polar surface area (TPSA) is 81.3 Å². The average Bonchev–Trinajstić information content (AvgIpc) is 3.89. The minimum Gasteiger partial charge on any atom is -0.456 e. The minimum absolute atomic E-state index is 0.451.